The second-order valence-corrected chi connectivity index (χ2v) is 4.83. The number of anilines is 1. The molecular formula is C9H5F9N2OS. The zero-order valence-corrected chi connectivity index (χ0v) is 11.1. The summed E-state index contributed by atoms with van der Waals surface area (Å²) in [7, 11) is 0. The minimum absolute atomic E-state index is 0.177. The van der Waals surface area contributed by atoms with Crippen molar-refractivity contribution in [2.24, 2.45) is 0 Å². The van der Waals surface area contributed by atoms with Crippen molar-refractivity contribution in [2.45, 2.75) is 30.9 Å². The Morgan fingerprint density at radius 3 is 1.91 bits per heavy atom. The number of amides is 1. The van der Waals surface area contributed by atoms with E-state index in [1.807, 2.05) is 0 Å². The van der Waals surface area contributed by atoms with Crippen LogP contribution in [0.5, 0.6) is 0 Å². The molecule has 3 nitrogen and oxygen atoms in total. The summed E-state index contributed by atoms with van der Waals surface area (Å²) in [5.41, 5.74) is 0.177. The molecule has 0 atom stereocenters. The Hall–Kier alpha value is -1.53. The number of nitrogens with one attached hydrogen (secondary N) is 1. The zero-order valence-electron chi connectivity index (χ0n) is 10.2. The number of carbonyl (C=O) groups excluding carboxylic acids is 1. The molecule has 0 bridgehead atoms. The average molecular weight is 360 g/mol. The van der Waals surface area contributed by atoms with Crippen LogP contribution in [-0.2, 0) is 4.79 Å². The standard InChI is InChI=1S/C9H5F9N2OS/c1-3-2-22-5(19-3)20-4(21)6(10,11)7(12,13)8(14,15)9(16,17)18/h2H,1H3,(H,19,20,21). The number of thiazole rings is 1. The van der Waals surface area contributed by atoms with Crippen LogP contribution in [0.15, 0.2) is 5.38 Å². The third-order valence-corrected chi connectivity index (χ3v) is 3.14. The van der Waals surface area contributed by atoms with Crippen LogP contribution in [0.2, 0.25) is 0 Å². The third-order valence-electron chi connectivity index (χ3n) is 2.27. The number of rotatable bonds is 4. The second kappa shape index (κ2) is 5.28. The molecule has 0 unspecified atom stereocenters. The van der Waals surface area contributed by atoms with Crippen molar-refractivity contribution in [3.63, 3.8) is 0 Å². The maximum atomic E-state index is 13.1. The van der Waals surface area contributed by atoms with Gasteiger partial charge in [0.25, 0.3) is 0 Å². The molecule has 0 saturated heterocycles. The lowest BCUT2D eigenvalue weighted by Crippen LogP contribution is -2.64. The molecule has 1 rings (SSSR count). The van der Waals surface area contributed by atoms with E-state index in [9.17, 15) is 44.3 Å². The summed E-state index contributed by atoms with van der Waals surface area (Å²) < 4.78 is 113. The Labute approximate surface area is 120 Å². The van der Waals surface area contributed by atoms with Crippen LogP contribution in [0, 0.1) is 6.92 Å². The first kappa shape index (κ1) is 18.5. The van der Waals surface area contributed by atoms with Crippen LogP contribution < -0.4 is 5.32 Å². The molecule has 1 N–H and O–H groups in total. The maximum absolute atomic E-state index is 13.1. The average Bonchev–Trinajstić information content (AvgIpc) is 2.72. The number of aryl methyl sites for hydroxylation is 1. The van der Waals surface area contributed by atoms with E-state index in [4.69, 9.17) is 0 Å². The highest BCUT2D eigenvalue weighted by Gasteiger charge is 2.83. The minimum atomic E-state index is -7.11. The van der Waals surface area contributed by atoms with Gasteiger partial charge in [-0.05, 0) is 6.92 Å². The first-order valence-electron chi connectivity index (χ1n) is 5.08. The van der Waals surface area contributed by atoms with Gasteiger partial charge in [-0.2, -0.15) is 39.5 Å². The molecule has 0 radical (unpaired) electrons. The smallest absolute Gasteiger partial charge is 0.296 e. The van der Waals surface area contributed by atoms with Gasteiger partial charge >= 0.3 is 29.9 Å². The first-order valence-corrected chi connectivity index (χ1v) is 5.96. The van der Waals surface area contributed by atoms with Gasteiger partial charge in [0.1, 0.15) is 0 Å². The molecule has 0 aliphatic heterocycles. The number of hydrogen-bond donors (Lipinski definition) is 1. The number of hydrogen-bond acceptors (Lipinski definition) is 3. The maximum Gasteiger partial charge on any atom is 0.460 e. The predicted molar refractivity (Wildman–Crippen MR) is 56.4 cm³/mol. The van der Waals surface area contributed by atoms with Gasteiger partial charge < -0.3 is 0 Å². The summed E-state index contributed by atoms with van der Waals surface area (Å²) in [6.07, 6.45) is -6.97. The lowest BCUT2D eigenvalue weighted by molar-refractivity contribution is -0.388. The predicted octanol–water partition coefficient (Wildman–Crippen LogP) is 3.86. The molecule has 0 aliphatic rings. The van der Waals surface area contributed by atoms with Gasteiger partial charge in [0, 0.05) is 5.38 Å². The Kier molecular flexibility index (Phi) is 4.44. The first-order chi connectivity index (χ1) is 9.64. The van der Waals surface area contributed by atoms with Crippen LogP contribution >= 0.6 is 11.3 Å². The molecule has 1 amide bonds. The molecule has 1 aromatic rings. The van der Waals surface area contributed by atoms with E-state index >= 15 is 0 Å². The van der Waals surface area contributed by atoms with Crippen molar-refractivity contribution >= 4 is 22.4 Å². The van der Waals surface area contributed by atoms with Crippen molar-refractivity contribution in [3.05, 3.63) is 11.1 Å². The van der Waals surface area contributed by atoms with E-state index < -0.39 is 35.0 Å². The summed E-state index contributed by atoms with van der Waals surface area (Å²) in [4.78, 5) is 14.3. The number of aromatic nitrogens is 1. The monoisotopic (exact) mass is 360 g/mol. The Balaban J connectivity index is 3.12. The van der Waals surface area contributed by atoms with Gasteiger partial charge in [-0.25, -0.2) is 4.98 Å². The number of nitrogens with zero attached hydrogens (tertiary/aromatic N) is 1. The van der Waals surface area contributed by atoms with Gasteiger partial charge in [-0.3, -0.25) is 10.1 Å². The largest absolute Gasteiger partial charge is 0.460 e. The van der Waals surface area contributed by atoms with Gasteiger partial charge in [0.15, 0.2) is 5.13 Å². The Bertz CT molecular complexity index is 566. The van der Waals surface area contributed by atoms with E-state index in [2.05, 4.69) is 4.98 Å². The molecule has 126 valence electrons. The van der Waals surface area contributed by atoms with E-state index in [0.29, 0.717) is 11.3 Å². The SMILES string of the molecule is Cc1csc(NC(=O)C(F)(F)C(F)(F)C(F)(F)C(F)(F)F)n1. The molecule has 13 heteroatoms. The highest BCUT2D eigenvalue weighted by Crippen LogP contribution is 2.53. The zero-order chi connectivity index (χ0) is 17.6. The van der Waals surface area contributed by atoms with Gasteiger partial charge in [-0.15, -0.1) is 11.3 Å². The molecular weight excluding hydrogens is 355 g/mol. The fourth-order valence-electron chi connectivity index (χ4n) is 1.10. The number of alkyl halides is 9. The summed E-state index contributed by atoms with van der Waals surface area (Å²) in [6, 6.07) is 0. The molecule has 0 saturated carbocycles. The van der Waals surface area contributed by atoms with Crippen molar-refractivity contribution in [2.75, 3.05) is 5.32 Å². The summed E-state index contributed by atoms with van der Waals surface area (Å²) in [5.74, 6) is -23.5. The quantitative estimate of drug-likeness (QED) is 0.829. The van der Waals surface area contributed by atoms with Crippen LogP contribution in [0.4, 0.5) is 44.6 Å². The fourth-order valence-corrected chi connectivity index (χ4v) is 1.79. The molecule has 0 aliphatic carbocycles. The molecule has 1 heterocycles. The van der Waals surface area contributed by atoms with Crippen molar-refractivity contribution in [3.8, 4) is 0 Å². The summed E-state index contributed by atoms with van der Waals surface area (Å²) in [5, 5.41) is 1.60. The topological polar surface area (TPSA) is 42.0 Å². The van der Waals surface area contributed by atoms with Gasteiger partial charge in [0.2, 0.25) is 0 Å². The van der Waals surface area contributed by atoms with E-state index in [-0.39, 0.29) is 5.69 Å². The van der Waals surface area contributed by atoms with Crippen molar-refractivity contribution < 1.29 is 44.3 Å². The highest BCUT2D eigenvalue weighted by molar-refractivity contribution is 7.13. The minimum Gasteiger partial charge on any atom is -0.296 e. The molecule has 0 spiro atoms. The third kappa shape index (κ3) is 2.85. The fraction of sp³-hybridized carbons (Fsp3) is 0.556. The summed E-state index contributed by atoms with van der Waals surface area (Å²) in [6.45, 7) is 1.33. The van der Waals surface area contributed by atoms with Crippen LogP contribution in [-0.4, -0.2) is 34.8 Å². The normalized spacial score (nSPS) is 14.1. The van der Waals surface area contributed by atoms with Gasteiger partial charge in [-0.1, -0.05) is 0 Å². The number of carbonyl (C=O) groups is 1. The Morgan fingerprint density at radius 2 is 1.55 bits per heavy atom. The summed E-state index contributed by atoms with van der Waals surface area (Å²) >= 11 is 0.487. The van der Waals surface area contributed by atoms with Crippen LogP contribution in [0.1, 0.15) is 5.69 Å². The lowest BCUT2D eigenvalue weighted by atomic mass is 10.0. The van der Waals surface area contributed by atoms with Crippen molar-refractivity contribution in [1.82, 2.24) is 4.98 Å². The molecule has 0 fully saturated rings. The van der Waals surface area contributed by atoms with Crippen LogP contribution in [0.25, 0.3) is 0 Å². The van der Waals surface area contributed by atoms with E-state index in [1.165, 1.54) is 12.3 Å². The van der Waals surface area contributed by atoms with E-state index in [0.717, 1.165) is 5.32 Å². The molecule has 0 aromatic carbocycles. The molecule has 1 aromatic heterocycles. The second-order valence-electron chi connectivity index (χ2n) is 3.97. The van der Waals surface area contributed by atoms with Crippen molar-refractivity contribution in [1.29, 1.82) is 0 Å². The molecule has 22 heavy (non-hydrogen) atoms. The number of halogens is 9. The lowest BCUT2D eigenvalue weighted by Gasteiger charge is -2.32. The highest BCUT2D eigenvalue weighted by atomic mass is 32.1. The van der Waals surface area contributed by atoms with E-state index in [1.54, 1.807) is 0 Å². The van der Waals surface area contributed by atoms with Gasteiger partial charge in [0.05, 0.1) is 5.69 Å². The Morgan fingerprint density at radius 1 is 1.05 bits per heavy atom. The van der Waals surface area contributed by atoms with Crippen LogP contribution in [0.3, 0.4) is 0 Å².